The van der Waals surface area contributed by atoms with Crippen molar-refractivity contribution in [2.24, 2.45) is 5.41 Å². The molecule has 0 aromatic carbocycles. The quantitative estimate of drug-likeness (QED) is 0.652. The van der Waals surface area contributed by atoms with Gasteiger partial charge in [-0.15, -0.1) is 0 Å². The summed E-state index contributed by atoms with van der Waals surface area (Å²) >= 11 is 3.34. The molecule has 1 N–H and O–H groups in total. The Morgan fingerprint density at radius 1 is 1.53 bits per heavy atom. The maximum atomic E-state index is 10.7. The van der Waals surface area contributed by atoms with Crippen LogP contribution in [0.2, 0.25) is 0 Å². The lowest BCUT2D eigenvalue weighted by molar-refractivity contribution is -0.385. The van der Waals surface area contributed by atoms with Crippen LogP contribution < -0.4 is 5.32 Å². The fraction of sp³-hybridized carbons (Fsp3) is 0.615. The standard InChI is InChI=1S/C13H18BrN3O2/c1-2-13(5-3-4-6-13)9-16-12-11(14)7-10(8-15-12)17(18)19/h7-8H,2-6,9H2,1H3,(H,15,16). The summed E-state index contributed by atoms with van der Waals surface area (Å²) in [5.74, 6) is 0.685. The molecule has 0 radical (unpaired) electrons. The van der Waals surface area contributed by atoms with Crippen molar-refractivity contribution in [2.75, 3.05) is 11.9 Å². The van der Waals surface area contributed by atoms with Crippen LogP contribution in [0.4, 0.5) is 11.5 Å². The molecule has 1 aromatic heterocycles. The van der Waals surface area contributed by atoms with Gasteiger partial charge in [-0.1, -0.05) is 19.8 Å². The average molecular weight is 328 g/mol. The molecule has 19 heavy (non-hydrogen) atoms. The fourth-order valence-corrected chi connectivity index (χ4v) is 3.19. The van der Waals surface area contributed by atoms with E-state index in [2.05, 4.69) is 33.2 Å². The van der Waals surface area contributed by atoms with Gasteiger partial charge >= 0.3 is 0 Å². The number of nitro groups is 1. The highest BCUT2D eigenvalue weighted by Gasteiger charge is 2.31. The SMILES string of the molecule is CCC1(CNc2ncc([N+](=O)[O-])cc2Br)CCCC1. The minimum absolute atomic E-state index is 0.00324. The Morgan fingerprint density at radius 3 is 2.74 bits per heavy atom. The van der Waals surface area contributed by atoms with Crippen LogP contribution in [-0.2, 0) is 0 Å². The maximum absolute atomic E-state index is 10.7. The first kappa shape index (κ1) is 14.2. The van der Waals surface area contributed by atoms with Crippen molar-refractivity contribution in [2.45, 2.75) is 39.0 Å². The van der Waals surface area contributed by atoms with Crippen molar-refractivity contribution in [3.8, 4) is 0 Å². The molecule has 104 valence electrons. The highest BCUT2D eigenvalue weighted by atomic mass is 79.9. The third-order valence-corrected chi connectivity index (χ3v) is 4.69. The van der Waals surface area contributed by atoms with E-state index in [0.717, 1.165) is 13.0 Å². The number of hydrogen-bond acceptors (Lipinski definition) is 4. The van der Waals surface area contributed by atoms with Crippen molar-refractivity contribution in [1.29, 1.82) is 0 Å². The molecular weight excluding hydrogens is 310 g/mol. The minimum Gasteiger partial charge on any atom is -0.369 e. The molecule has 6 heteroatoms. The van der Waals surface area contributed by atoms with E-state index in [1.165, 1.54) is 37.9 Å². The van der Waals surface area contributed by atoms with Gasteiger partial charge in [-0.25, -0.2) is 4.98 Å². The highest BCUT2D eigenvalue weighted by Crippen LogP contribution is 2.41. The van der Waals surface area contributed by atoms with Gasteiger partial charge in [-0.3, -0.25) is 10.1 Å². The number of aromatic nitrogens is 1. The van der Waals surface area contributed by atoms with Crippen LogP contribution in [0.3, 0.4) is 0 Å². The summed E-state index contributed by atoms with van der Waals surface area (Å²) in [5, 5.41) is 14.0. The molecule has 0 amide bonds. The number of anilines is 1. The normalized spacial score (nSPS) is 17.4. The predicted octanol–water partition coefficient (Wildman–Crippen LogP) is 4.13. The zero-order valence-electron chi connectivity index (χ0n) is 11.0. The molecule has 1 aliphatic rings. The minimum atomic E-state index is -0.438. The maximum Gasteiger partial charge on any atom is 0.288 e. The van der Waals surface area contributed by atoms with E-state index in [1.54, 1.807) is 0 Å². The molecule has 0 bridgehead atoms. The van der Waals surface area contributed by atoms with Crippen LogP contribution in [0.5, 0.6) is 0 Å². The molecule has 0 unspecified atom stereocenters. The van der Waals surface area contributed by atoms with Crippen LogP contribution in [0.15, 0.2) is 16.7 Å². The monoisotopic (exact) mass is 327 g/mol. The summed E-state index contributed by atoms with van der Waals surface area (Å²) in [6.07, 6.45) is 7.54. The van der Waals surface area contributed by atoms with Crippen LogP contribution in [0.1, 0.15) is 39.0 Å². The lowest BCUT2D eigenvalue weighted by Gasteiger charge is -2.28. The van der Waals surface area contributed by atoms with Gasteiger partial charge in [0.2, 0.25) is 0 Å². The van der Waals surface area contributed by atoms with E-state index in [0.29, 0.717) is 15.7 Å². The Kier molecular flexibility index (Phi) is 4.39. The van der Waals surface area contributed by atoms with E-state index >= 15 is 0 Å². The first-order valence-electron chi connectivity index (χ1n) is 6.60. The molecule has 0 saturated heterocycles. The Morgan fingerprint density at radius 2 is 2.21 bits per heavy atom. The van der Waals surface area contributed by atoms with E-state index in [4.69, 9.17) is 0 Å². The molecule has 2 rings (SSSR count). The number of nitrogens with one attached hydrogen (secondary N) is 1. The Hall–Kier alpha value is -1.17. The molecular formula is C13H18BrN3O2. The predicted molar refractivity (Wildman–Crippen MR) is 78.3 cm³/mol. The molecule has 0 atom stereocenters. The lowest BCUT2D eigenvalue weighted by atomic mass is 9.83. The van der Waals surface area contributed by atoms with Gasteiger partial charge in [0.15, 0.2) is 0 Å². The van der Waals surface area contributed by atoms with Gasteiger partial charge in [0.25, 0.3) is 5.69 Å². The largest absolute Gasteiger partial charge is 0.369 e. The molecule has 0 aliphatic heterocycles. The van der Waals surface area contributed by atoms with Gasteiger partial charge in [0, 0.05) is 12.6 Å². The van der Waals surface area contributed by atoms with Gasteiger partial charge in [0.1, 0.15) is 12.0 Å². The Labute approximate surface area is 121 Å². The first-order valence-corrected chi connectivity index (χ1v) is 7.39. The summed E-state index contributed by atoms with van der Waals surface area (Å²) in [6.45, 7) is 3.11. The first-order chi connectivity index (χ1) is 9.06. The second-order valence-electron chi connectivity index (χ2n) is 5.20. The van der Waals surface area contributed by atoms with Gasteiger partial charge < -0.3 is 5.32 Å². The molecule has 1 aromatic rings. The third kappa shape index (κ3) is 3.23. The van der Waals surface area contributed by atoms with E-state index in [9.17, 15) is 10.1 Å². The van der Waals surface area contributed by atoms with Crippen LogP contribution in [0.25, 0.3) is 0 Å². The van der Waals surface area contributed by atoms with Crippen molar-refractivity contribution < 1.29 is 4.92 Å². The highest BCUT2D eigenvalue weighted by molar-refractivity contribution is 9.10. The summed E-state index contributed by atoms with van der Waals surface area (Å²) in [4.78, 5) is 14.3. The van der Waals surface area contributed by atoms with Gasteiger partial charge in [-0.2, -0.15) is 0 Å². The van der Waals surface area contributed by atoms with Crippen LogP contribution in [-0.4, -0.2) is 16.5 Å². The van der Waals surface area contributed by atoms with E-state index in [-0.39, 0.29) is 5.69 Å². The number of hydrogen-bond donors (Lipinski definition) is 1. The summed E-state index contributed by atoms with van der Waals surface area (Å²) in [7, 11) is 0. The Bertz CT molecular complexity index is 473. The molecule has 1 heterocycles. The number of halogens is 1. The smallest absolute Gasteiger partial charge is 0.288 e. The van der Waals surface area contributed by atoms with Gasteiger partial charge in [-0.05, 0) is 40.6 Å². The molecule has 5 nitrogen and oxygen atoms in total. The molecule has 1 aliphatic carbocycles. The van der Waals surface area contributed by atoms with Crippen LogP contribution in [0, 0.1) is 15.5 Å². The third-order valence-electron chi connectivity index (χ3n) is 4.08. The summed E-state index contributed by atoms with van der Waals surface area (Å²) in [6, 6.07) is 1.49. The molecule has 1 fully saturated rings. The average Bonchev–Trinajstić information content (AvgIpc) is 2.86. The van der Waals surface area contributed by atoms with Crippen molar-refractivity contribution in [3.05, 3.63) is 26.9 Å². The molecule has 1 saturated carbocycles. The second kappa shape index (κ2) is 5.86. The lowest BCUT2D eigenvalue weighted by Crippen LogP contribution is -2.26. The van der Waals surface area contributed by atoms with Crippen molar-refractivity contribution in [3.63, 3.8) is 0 Å². The number of rotatable bonds is 5. The summed E-state index contributed by atoms with van der Waals surface area (Å²) < 4.78 is 0.644. The molecule has 0 spiro atoms. The zero-order valence-corrected chi connectivity index (χ0v) is 12.6. The van der Waals surface area contributed by atoms with Gasteiger partial charge in [0.05, 0.1) is 9.40 Å². The Balaban J connectivity index is 2.05. The van der Waals surface area contributed by atoms with E-state index < -0.39 is 4.92 Å². The fourth-order valence-electron chi connectivity index (χ4n) is 2.71. The number of pyridine rings is 1. The van der Waals surface area contributed by atoms with Crippen LogP contribution >= 0.6 is 15.9 Å². The topological polar surface area (TPSA) is 68.1 Å². The number of nitrogens with zero attached hydrogens (tertiary/aromatic N) is 2. The zero-order chi connectivity index (χ0) is 13.9. The summed E-state index contributed by atoms with van der Waals surface area (Å²) in [5.41, 5.74) is 0.367. The van der Waals surface area contributed by atoms with Crippen molar-refractivity contribution >= 4 is 27.4 Å². The van der Waals surface area contributed by atoms with E-state index in [1.807, 2.05) is 0 Å². The second-order valence-corrected chi connectivity index (χ2v) is 6.05. The van der Waals surface area contributed by atoms with Crippen molar-refractivity contribution in [1.82, 2.24) is 4.98 Å².